The summed E-state index contributed by atoms with van der Waals surface area (Å²) in [6.07, 6.45) is 0. The second-order valence-electron chi connectivity index (χ2n) is 7.45. The molecule has 1 aromatic heterocycles. The second-order valence-corrected chi connectivity index (χ2v) is 8.37. The number of hydrogen-bond acceptors (Lipinski definition) is 5. The molecule has 158 valence electrons. The minimum Gasteiger partial charge on any atom is -0.497 e. The van der Waals surface area contributed by atoms with E-state index in [1.165, 1.54) is 0 Å². The van der Waals surface area contributed by atoms with Gasteiger partial charge in [0, 0.05) is 21.8 Å². The SMILES string of the molecule is COc1ccc2oc(-c3ccc(NC(=O)C(C)(C)Oc4ccc(Br)cc4)cc3)nc2c1. The maximum absolute atomic E-state index is 12.8. The van der Waals surface area contributed by atoms with Gasteiger partial charge in [0.05, 0.1) is 7.11 Å². The van der Waals surface area contributed by atoms with E-state index in [9.17, 15) is 4.79 Å². The summed E-state index contributed by atoms with van der Waals surface area (Å²) in [5, 5.41) is 2.89. The molecule has 1 amide bonds. The van der Waals surface area contributed by atoms with Crippen LogP contribution in [0.3, 0.4) is 0 Å². The van der Waals surface area contributed by atoms with Crippen molar-refractivity contribution in [2.45, 2.75) is 19.4 Å². The molecule has 0 aliphatic heterocycles. The van der Waals surface area contributed by atoms with E-state index in [2.05, 4.69) is 26.2 Å². The van der Waals surface area contributed by atoms with Gasteiger partial charge in [0.1, 0.15) is 17.0 Å². The Labute approximate surface area is 188 Å². The highest BCUT2D eigenvalue weighted by Gasteiger charge is 2.30. The largest absolute Gasteiger partial charge is 0.497 e. The number of aromatic nitrogens is 1. The monoisotopic (exact) mass is 480 g/mol. The number of nitrogens with zero attached hydrogens (tertiary/aromatic N) is 1. The highest BCUT2D eigenvalue weighted by molar-refractivity contribution is 9.10. The van der Waals surface area contributed by atoms with Crippen LogP contribution in [0.1, 0.15) is 13.8 Å². The summed E-state index contributed by atoms with van der Waals surface area (Å²) in [5.74, 6) is 1.59. The highest BCUT2D eigenvalue weighted by Crippen LogP contribution is 2.28. The van der Waals surface area contributed by atoms with E-state index >= 15 is 0 Å². The zero-order chi connectivity index (χ0) is 22.0. The van der Waals surface area contributed by atoms with Crippen molar-refractivity contribution in [2.24, 2.45) is 0 Å². The Bertz CT molecular complexity index is 1210. The summed E-state index contributed by atoms with van der Waals surface area (Å²) in [4.78, 5) is 17.3. The molecule has 4 aromatic rings. The number of halogens is 1. The summed E-state index contributed by atoms with van der Waals surface area (Å²) in [6.45, 7) is 3.46. The van der Waals surface area contributed by atoms with Crippen LogP contribution in [0.4, 0.5) is 5.69 Å². The van der Waals surface area contributed by atoms with Crippen molar-refractivity contribution in [3.63, 3.8) is 0 Å². The molecule has 0 unspecified atom stereocenters. The average Bonchev–Trinajstić information content (AvgIpc) is 3.19. The molecule has 0 saturated carbocycles. The number of ether oxygens (including phenoxy) is 2. The molecule has 0 bridgehead atoms. The van der Waals surface area contributed by atoms with Gasteiger partial charge >= 0.3 is 0 Å². The number of anilines is 1. The quantitative estimate of drug-likeness (QED) is 0.362. The van der Waals surface area contributed by atoms with E-state index in [0.29, 0.717) is 22.9 Å². The van der Waals surface area contributed by atoms with Gasteiger partial charge in [0.2, 0.25) is 5.89 Å². The summed E-state index contributed by atoms with van der Waals surface area (Å²) >= 11 is 3.39. The molecular formula is C24H21BrN2O4. The van der Waals surface area contributed by atoms with E-state index in [1.54, 1.807) is 33.1 Å². The first kappa shape index (κ1) is 20.9. The number of oxazole rings is 1. The number of carbonyl (C=O) groups is 1. The fraction of sp³-hybridized carbons (Fsp3) is 0.167. The Hall–Kier alpha value is -3.32. The Morgan fingerprint density at radius 3 is 2.35 bits per heavy atom. The Balaban J connectivity index is 1.46. The number of rotatable bonds is 6. The molecule has 0 radical (unpaired) electrons. The van der Waals surface area contributed by atoms with Crippen LogP contribution in [0.5, 0.6) is 11.5 Å². The average molecular weight is 481 g/mol. The van der Waals surface area contributed by atoms with Crippen molar-refractivity contribution in [3.8, 4) is 23.0 Å². The van der Waals surface area contributed by atoms with Gasteiger partial charge in [-0.05, 0) is 74.5 Å². The number of fused-ring (bicyclic) bond motifs is 1. The lowest BCUT2D eigenvalue weighted by molar-refractivity contribution is -0.128. The number of carbonyl (C=O) groups excluding carboxylic acids is 1. The molecule has 0 aliphatic carbocycles. The summed E-state index contributed by atoms with van der Waals surface area (Å²) in [5.41, 5.74) is 1.81. The zero-order valence-electron chi connectivity index (χ0n) is 17.3. The Morgan fingerprint density at radius 2 is 1.68 bits per heavy atom. The third-order valence-corrected chi connectivity index (χ3v) is 5.25. The van der Waals surface area contributed by atoms with Gasteiger partial charge in [0.25, 0.3) is 5.91 Å². The van der Waals surface area contributed by atoms with Crippen molar-refractivity contribution in [1.29, 1.82) is 0 Å². The van der Waals surface area contributed by atoms with Crippen molar-refractivity contribution >= 4 is 38.6 Å². The molecule has 31 heavy (non-hydrogen) atoms. The predicted octanol–water partition coefficient (Wildman–Crippen LogP) is 6.06. The van der Waals surface area contributed by atoms with Crippen LogP contribution in [-0.4, -0.2) is 23.6 Å². The normalized spacial score (nSPS) is 11.4. The van der Waals surface area contributed by atoms with E-state index in [1.807, 2.05) is 54.6 Å². The first-order chi connectivity index (χ1) is 14.8. The minimum atomic E-state index is -1.05. The Kier molecular flexibility index (Phi) is 5.69. The summed E-state index contributed by atoms with van der Waals surface area (Å²) in [6, 6.07) is 20.1. The molecule has 7 heteroatoms. The fourth-order valence-corrected chi connectivity index (χ4v) is 3.24. The second kappa shape index (κ2) is 8.43. The summed E-state index contributed by atoms with van der Waals surface area (Å²) < 4.78 is 17.9. The fourth-order valence-electron chi connectivity index (χ4n) is 2.98. The smallest absolute Gasteiger partial charge is 0.267 e. The van der Waals surface area contributed by atoms with Crippen LogP contribution >= 0.6 is 15.9 Å². The van der Waals surface area contributed by atoms with Gasteiger partial charge in [-0.15, -0.1) is 0 Å². The number of methoxy groups -OCH3 is 1. The van der Waals surface area contributed by atoms with Crippen LogP contribution in [0.25, 0.3) is 22.6 Å². The molecule has 0 aliphatic rings. The number of benzene rings is 3. The molecule has 6 nitrogen and oxygen atoms in total. The third kappa shape index (κ3) is 4.72. The molecule has 4 rings (SSSR count). The van der Waals surface area contributed by atoms with Crippen molar-refractivity contribution in [1.82, 2.24) is 4.98 Å². The predicted molar refractivity (Wildman–Crippen MR) is 123 cm³/mol. The molecule has 1 heterocycles. The molecule has 0 atom stereocenters. The van der Waals surface area contributed by atoms with Crippen LogP contribution < -0.4 is 14.8 Å². The number of nitrogens with one attached hydrogen (secondary N) is 1. The topological polar surface area (TPSA) is 73.6 Å². The van der Waals surface area contributed by atoms with E-state index in [-0.39, 0.29) is 5.91 Å². The minimum absolute atomic E-state index is 0.253. The molecule has 0 spiro atoms. The van der Waals surface area contributed by atoms with Crippen LogP contribution in [-0.2, 0) is 4.79 Å². The van der Waals surface area contributed by atoms with Crippen molar-refractivity contribution in [2.75, 3.05) is 12.4 Å². The van der Waals surface area contributed by atoms with Gasteiger partial charge < -0.3 is 19.2 Å². The van der Waals surface area contributed by atoms with Gasteiger partial charge in [0.15, 0.2) is 11.2 Å². The van der Waals surface area contributed by atoms with Crippen LogP contribution in [0, 0.1) is 0 Å². The molecular weight excluding hydrogens is 460 g/mol. The molecule has 1 N–H and O–H groups in total. The lowest BCUT2D eigenvalue weighted by Crippen LogP contribution is -2.42. The number of amides is 1. The van der Waals surface area contributed by atoms with E-state index in [0.717, 1.165) is 21.3 Å². The standard InChI is InChI=1S/C24H21BrN2O4/c1-24(2,31-18-10-6-16(25)7-11-18)23(28)26-17-8-4-15(5-9-17)22-27-20-14-19(29-3)12-13-21(20)30-22/h4-14H,1-3H3,(H,26,28). The Morgan fingerprint density at radius 1 is 1.00 bits per heavy atom. The van der Waals surface area contributed by atoms with Crippen molar-refractivity contribution < 1.29 is 18.7 Å². The summed E-state index contributed by atoms with van der Waals surface area (Å²) in [7, 11) is 1.61. The highest BCUT2D eigenvalue weighted by atomic mass is 79.9. The molecule has 0 fully saturated rings. The third-order valence-electron chi connectivity index (χ3n) is 4.72. The van der Waals surface area contributed by atoms with Gasteiger partial charge in [-0.2, -0.15) is 0 Å². The number of hydrogen-bond donors (Lipinski definition) is 1. The van der Waals surface area contributed by atoms with E-state index < -0.39 is 5.60 Å². The lowest BCUT2D eigenvalue weighted by atomic mass is 10.1. The maximum Gasteiger partial charge on any atom is 0.267 e. The van der Waals surface area contributed by atoms with Gasteiger partial charge in [-0.1, -0.05) is 15.9 Å². The molecule has 3 aromatic carbocycles. The maximum atomic E-state index is 12.8. The zero-order valence-corrected chi connectivity index (χ0v) is 18.9. The van der Waals surface area contributed by atoms with E-state index in [4.69, 9.17) is 13.9 Å². The van der Waals surface area contributed by atoms with Gasteiger partial charge in [-0.3, -0.25) is 4.79 Å². The van der Waals surface area contributed by atoms with Crippen molar-refractivity contribution in [3.05, 3.63) is 71.2 Å². The van der Waals surface area contributed by atoms with Gasteiger partial charge in [-0.25, -0.2) is 4.98 Å². The first-order valence-corrected chi connectivity index (χ1v) is 10.4. The van der Waals surface area contributed by atoms with Crippen LogP contribution in [0.15, 0.2) is 75.6 Å². The molecule has 0 saturated heterocycles. The first-order valence-electron chi connectivity index (χ1n) is 9.65. The van der Waals surface area contributed by atoms with Crippen LogP contribution in [0.2, 0.25) is 0 Å². The lowest BCUT2D eigenvalue weighted by Gasteiger charge is -2.25.